The fraction of sp³-hybridized carbons (Fsp3) is 0.409. The molecule has 1 saturated heterocycles. The number of hydrogen-bond acceptors (Lipinski definition) is 4. The van der Waals surface area contributed by atoms with Crippen LogP contribution in [0.25, 0.3) is 0 Å². The maximum atomic E-state index is 13.1. The van der Waals surface area contributed by atoms with Crippen LogP contribution in [-0.4, -0.2) is 54.6 Å². The lowest BCUT2D eigenvalue weighted by molar-refractivity contribution is -0.139. The number of nitrogens with zero attached hydrogens (tertiary/aromatic N) is 2. The molecule has 0 aromatic heterocycles. The lowest BCUT2D eigenvalue weighted by atomic mass is 10.1. The highest BCUT2D eigenvalue weighted by atomic mass is 79.9. The standard InChI is InChI=1S/C22H26BrFN2O3/c1-15-12-26(16(2)11-25(15)13-17-4-7-19(24)8-5-17)22(27)14-29-20-9-6-18(23)10-21(20)28-3/h4-10,15-16H,11-14H2,1-3H3/t15-,16+/m1/s1. The van der Waals surface area contributed by atoms with Crippen LogP contribution in [-0.2, 0) is 11.3 Å². The number of rotatable bonds is 6. The number of halogens is 2. The van der Waals surface area contributed by atoms with E-state index in [4.69, 9.17) is 9.47 Å². The van der Waals surface area contributed by atoms with Crippen molar-refractivity contribution in [3.05, 3.63) is 58.3 Å². The maximum absolute atomic E-state index is 13.1. The summed E-state index contributed by atoms with van der Waals surface area (Å²) in [5.74, 6) is 0.848. The molecule has 156 valence electrons. The van der Waals surface area contributed by atoms with Crippen LogP contribution in [0.5, 0.6) is 11.5 Å². The van der Waals surface area contributed by atoms with Crippen LogP contribution in [0.2, 0.25) is 0 Å². The number of ether oxygens (including phenoxy) is 2. The Morgan fingerprint density at radius 1 is 1.10 bits per heavy atom. The first-order valence-corrected chi connectivity index (χ1v) is 10.4. The van der Waals surface area contributed by atoms with Gasteiger partial charge < -0.3 is 14.4 Å². The molecule has 0 bridgehead atoms. The summed E-state index contributed by atoms with van der Waals surface area (Å²) in [5, 5.41) is 0. The number of amides is 1. The van der Waals surface area contributed by atoms with Crippen LogP contribution in [0.15, 0.2) is 46.9 Å². The van der Waals surface area contributed by atoms with Crippen molar-refractivity contribution in [2.24, 2.45) is 0 Å². The Hall–Kier alpha value is -2.12. The van der Waals surface area contributed by atoms with Gasteiger partial charge in [0.2, 0.25) is 0 Å². The summed E-state index contributed by atoms with van der Waals surface area (Å²) in [6, 6.07) is 12.3. The summed E-state index contributed by atoms with van der Waals surface area (Å²) < 4.78 is 25.0. The number of carbonyl (C=O) groups is 1. The monoisotopic (exact) mass is 464 g/mol. The smallest absolute Gasteiger partial charge is 0.260 e. The molecular formula is C22H26BrFN2O3. The topological polar surface area (TPSA) is 42.0 Å². The van der Waals surface area contributed by atoms with E-state index in [1.807, 2.05) is 30.0 Å². The second-order valence-electron chi connectivity index (χ2n) is 7.38. The van der Waals surface area contributed by atoms with Gasteiger partial charge in [-0.1, -0.05) is 28.1 Å². The van der Waals surface area contributed by atoms with Crippen LogP contribution >= 0.6 is 15.9 Å². The molecule has 2 aromatic rings. The van der Waals surface area contributed by atoms with Gasteiger partial charge in [-0.15, -0.1) is 0 Å². The van der Waals surface area contributed by atoms with Gasteiger partial charge in [-0.3, -0.25) is 9.69 Å². The molecule has 0 radical (unpaired) electrons. The van der Waals surface area contributed by atoms with E-state index >= 15 is 0 Å². The zero-order valence-electron chi connectivity index (χ0n) is 16.9. The van der Waals surface area contributed by atoms with Gasteiger partial charge in [0.1, 0.15) is 5.82 Å². The fourth-order valence-corrected chi connectivity index (χ4v) is 3.91. The van der Waals surface area contributed by atoms with E-state index in [1.54, 1.807) is 19.2 Å². The molecule has 0 N–H and O–H groups in total. The maximum Gasteiger partial charge on any atom is 0.260 e. The number of methoxy groups -OCH3 is 1. The van der Waals surface area contributed by atoms with Crippen LogP contribution in [0, 0.1) is 5.82 Å². The highest BCUT2D eigenvalue weighted by molar-refractivity contribution is 9.10. The third-order valence-electron chi connectivity index (χ3n) is 5.21. The third kappa shape index (κ3) is 5.48. The van der Waals surface area contributed by atoms with Gasteiger partial charge in [-0.25, -0.2) is 4.39 Å². The summed E-state index contributed by atoms with van der Waals surface area (Å²) in [7, 11) is 1.57. The molecule has 1 amide bonds. The van der Waals surface area contributed by atoms with E-state index in [-0.39, 0.29) is 30.4 Å². The SMILES string of the molecule is COc1cc(Br)ccc1OCC(=O)N1C[C@@H](C)N(Cc2ccc(F)cc2)C[C@@H]1C. The molecule has 2 aromatic carbocycles. The molecule has 3 rings (SSSR count). The van der Waals surface area contributed by atoms with Crippen molar-refractivity contribution in [2.45, 2.75) is 32.5 Å². The summed E-state index contributed by atoms with van der Waals surface area (Å²) in [5.41, 5.74) is 1.07. The summed E-state index contributed by atoms with van der Waals surface area (Å²) >= 11 is 3.39. The third-order valence-corrected chi connectivity index (χ3v) is 5.70. The van der Waals surface area contributed by atoms with E-state index in [0.29, 0.717) is 18.0 Å². The van der Waals surface area contributed by atoms with Gasteiger partial charge in [0.25, 0.3) is 5.91 Å². The molecular weight excluding hydrogens is 439 g/mol. The molecule has 7 heteroatoms. The van der Waals surface area contributed by atoms with E-state index in [1.165, 1.54) is 12.1 Å². The average Bonchev–Trinajstić information content (AvgIpc) is 2.70. The first-order chi connectivity index (χ1) is 13.9. The summed E-state index contributed by atoms with van der Waals surface area (Å²) in [4.78, 5) is 17.0. The second-order valence-corrected chi connectivity index (χ2v) is 8.30. The predicted octanol–water partition coefficient (Wildman–Crippen LogP) is 4.10. The van der Waals surface area contributed by atoms with Crippen molar-refractivity contribution in [1.29, 1.82) is 0 Å². The van der Waals surface area contributed by atoms with Crippen molar-refractivity contribution < 1.29 is 18.7 Å². The van der Waals surface area contributed by atoms with Gasteiger partial charge in [0.05, 0.1) is 7.11 Å². The Morgan fingerprint density at radius 3 is 2.52 bits per heavy atom. The first-order valence-electron chi connectivity index (χ1n) is 9.61. The van der Waals surface area contributed by atoms with E-state index in [9.17, 15) is 9.18 Å². The fourth-order valence-electron chi connectivity index (χ4n) is 3.57. The molecule has 0 unspecified atom stereocenters. The van der Waals surface area contributed by atoms with Gasteiger partial charge in [0.15, 0.2) is 18.1 Å². The Balaban J connectivity index is 1.58. The molecule has 29 heavy (non-hydrogen) atoms. The quantitative estimate of drug-likeness (QED) is 0.645. The van der Waals surface area contributed by atoms with E-state index in [0.717, 1.165) is 23.1 Å². The lowest BCUT2D eigenvalue weighted by Gasteiger charge is -2.44. The molecule has 1 fully saturated rings. The largest absolute Gasteiger partial charge is 0.493 e. The van der Waals surface area contributed by atoms with Gasteiger partial charge in [-0.05, 0) is 49.7 Å². The van der Waals surface area contributed by atoms with Crippen molar-refractivity contribution >= 4 is 21.8 Å². The van der Waals surface area contributed by atoms with Crippen molar-refractivity contribution in [1.82, 2.24) is 9.80 Å². The minimum Gasteiger partial charge on any atom is -0.493 e. The number of hydrogen-bond donors (Lipinski definition) is 0. The highest BCUT2D eigenvalue weighted by Gasteiger charge is 2.32. The summed E-state index contributed by atoms with van der Waals surface area (Å²) in [6.45, 7) is 6.23. The molecule has 0 aliphatic carbocycles. The second kappa shape index (κ2) is 9.59. The van der Waals surface area contributed by atoms with Crippen LogP contribution in [0.1, 0.15) is 19.4 Å². The zero-order chi connectivity index (χ0) is 21.0. The van der Waals surface area contributed by atoms with Crippen LogP contribution in [0.4, 0.5) is 4.39 Å². The number of piperazine rings is 1. The molecule has 0 spiro atoms. The van der Waals surface area contributed by atoms with Crippen LogP contribution < -0.4 is 9.47 Å². The Labute approximate surface area is 179 Å². The van der Waals surface area contributed by atoms with Crippen molar-refractivity contribution in [3.8, 4) is 11.5 Å². The van der Waals surface area contributed by atoms with E-state index < -0.39 is 0 Å². The molecule has 5 nitrogen and oxygen atoms in total. The minimum absolute atomic E-state index is 0.0347. The number of carbonyl (C=O) groups excluding carboxylic acids is 1. The summed E-state index contributed by atoms with van der Waals surface area (Å²) in [6.07, 6.45) is 0. The average molecular weight is 465 g/mol. The Morgan fingerprint density at radius 2 is 1.83 bits per heavy atom. The van der Waals surface area contributed by atoms with Gasteiger partial charge in [-0.2, -0.15) is 0 Å². The normalized spacial score (nSPS) is 19.8. The Kier molecular flexibility index (Phi) is 7.14. The van der Waals surface area contributed by atoms with Crippen molar-refractivity contribution in [2.75, 3.05) is 26.8 Å². The highest BCUT2D eigenvalue weighted by Crippen LogP contribution is 2.30. The minimum atomic E-state index is -0.229. The molecule has 2 atom stereocenters. The Bertz CT molecular complexity index is 846. The first kappa shape index (κ1) is 21.6. The number of benzene rings is 2. The molecule has 1 heterocycles. The van der Waals surface area contributed by atoms with Crippen molar-refractivity contribution in [3.63, 3.8) is 0 Å². The molecule has 1 aliphatic rings. The lowest BCUT2D eigenvalue weighted by Crippen LogP contribution is -2.58. The molecule has 1 aliphatic heterocycles. The van der Waals surface area contributed by atoms with Gasteiger partial charge >= 0.3 is 0 Å². The predicted molar refractivity (Wildman–Crippen MR) is 114 cm³/mol. The zero-order valence-corrected chi connectivity index (χ0v) is 18.5. The van der Waals surface area contributed by atoms with Crippen LogP contribution in [0.3, 0.4) is 0 Å². The van der Waals surface area contributed by atoms with Gasteiger partial charge in [0, 0.05) is 36.2 Å². The van der Waals surface area contributed by atoms with E-state index in [2.05, 4.69) is 27.8 Å². The molecule has 0 saturated carbocycles.